The molecule has 2 heterocycles. The van der Waals surface area contributed by atoms with E-state index in [-0.39, 0.29) is 24.8 Å². The molecule has 3 rings (SSSR count). The van der Waals surface area contributed by atoms with E-state index in [0.717, 1.165) is 63.7 Å². The number of hydrogen-bond donors (Lipinski definition) is 1. The molecule has 0 radical (unpaired) electrons. The van der Waals surface area contributed by atoms with Crippen LogP contribution in [-0.4, -0.2) is 58.5 Å². The normalized spacial score (nSPS) is 20.1. The topological polar surface area (TPSA) is 43.0 Å². The van der Waals surface area contributed by atoms with E-state index >= 15 is 0 Å². The summed E-state index contributed by atoms with van der Waals surface area (Å²) in [6.45, 7) is 6.00. The van der Waals surface area contributed by atoms with Crippen LogP contribution in [0.5, 0.6) is 11.5 Å². The Kier molecular flexibility index (Phi) is 9.90. The molecule has 0 unspecified atom stereocenters. The zero-order chi connectivity index (χ0) is 16.1. The summed E-state index contributed by atoms with van der Waals surface area (Å²) in [6, 6.07) is 6.62. The van der Waals surface area contributed by atoms with Crippen LogP contribution in [0, 0.1) is 5.92 Å². The molecule has 0 aliphatic carbocycles. The highest BCUT2D eigenvalue weighted by atomic mass is 35.5. The average Bonchev–Trinajstić information content (AvgIpc) is 2.64. The number of hydrogen-bond acceptors (Lipinski definition) is 5. The van der Waals surface area contributed by atoms with Gasteiger partial charge in [-0.2, -0.15) is 0 Å². The monoisotopic (exact) mass is 392 g/mol. The first-order valence-corrected chi connectivity index (χ1v) is 8.58. The zero-order valence-corrected chi connectivity index (χ0v) is 16.7. The van der Waals surface area contributed by atoms with Gasteiger partial charge in [0.1, 0.15) is 11.5 Å². The first-order chi connectivity index (χ1) is 11.3. The van der Waals surface area contributed by atoms with Gasteiger partial charge in [0.05, 0.1) is 14.2 Å². The van der Waals surface area contributed by atoms with Crippen LogP contribution in [0.25, 0.3) is 0 Å². The van der Waals surface area contributed by atoms with Crippen LogP contribution in [0.4, 0.5) is 0 Å². The van der Waals surface area contributed by atoms with Gasteiger partial charge in [-0.05, 0) is 24.8 Å². The van der Waals surface area contributed by atoms with Gasteiger partial charge in [-0.3, -0.25) is 4.90 Å². The molecular weight excluding hydrogens is 363 g/mol. The minimum absolute atomic E-state index is 0. The van der Waals surface area contributed by atoms with E-state index < -0.39 is 0 Å². The van der Waals surface area contributed by atoms with Crippen LogP contribution in [0.1, 0.15) is 24.4 Å². The van der Waals surface area contributed by atoms with Gasteiger partial charge in [-0.15, -0.1) is 24.8 Å². The van der Waals surface area contributed by atoms with Crippen molar-refractivity contribution in [3.63, 3.8) is 0 Å². The molecular formula is C18H30Cl2N2O3. The second-order valence-corrected chi connectivity index (χ2v) is 6.29. The van der Waals surface area contributed by atoms with E-state index in [1.54, 1.807) is 14.2 Å². The molecule has 1 N–H and O–H groups in total. The Bertz CT molecular complexity index is 489. The van der Waals surface area contributed by atoms with E-state index in [1.165, 1.54) is 5.56 Å². The fourth-order valence-corrected chi connectivity index (χ4v) is 3.80. The van der Waals surface area contributed by atoms with Gasteiger partial charge < -0.3 is 19.5 Å². The second kappa shape index (κ2) is 11.1. The van der Waals surface area contributed by atoms with Crippen LogP contribution < -0.4 is 14.8 Å². The summed E-state index contributed by atoms with van der Waals surface area (Å²) in [7, 11) is 3.44. The molecule has 1 aromatic rings. The Morgan fingerprint density at radius 1 is 1.08 bits per heavy atom. The van der Waals surface area contributed by atoms with Crippen molar-refractivity contribution in [1.82, 2.24) is 10.2 Å². The third kappa shape index (κ3) is 5.38. The molecule has 1 aromatic carbocycles. The third-order valence-corrected chi connectivity index (χ3v) is 5.02. The first kappa shape index (κ1) is 22.3. The molecule has 0 amide bonds. The summed E-state index contributed by atoms with van der Waals surface area (Å²) in [6.07, 6.45) is 2.23. The maximum absolute atomic E-state index is 5.70. The van der Waals surface area contributed by atoms with E-state index in [2.05, 4.69) is 16.3 Å². The number of nitrogens with zero attached hydrogens (tertiary/aromatic N) is 1. The lowest BCUT2D eigenvalue weighted by atomic mass is 9.85. The number of nitrogens with one attached hydrogen (secondary N) is 1. The Hall–Kier alpha value is -0.720. The maximum Gasteiger partial charge on any atom is 0.127 e. The molecule has 5 nitrogen and oxygen atoms in total. The highest BCUT2D eigenvalue weighted by molar-refractivity contribution is 5.85. The summed E-state index contributed by atoms with van der Waals surface area (Å²) in [5.41, 5.74) is 1.28. The Morgan fingerprint density at radius 2 is 1.76 bits per heavy atom. The van der Waals surface area contributed by atoms with Crippen LogP contribution in [0.2, 0.25) is 0 Å². The lowest BCUT2D eigenvalue weighted by molar-refractivity contribution is 0.0206. The minimum atomic E-state index is 0. The molecule has 144 valence electrons. The summed E-state index contributed by atoms with van der Waals surface area (Å²) in [5.74, 6) is 2.39. The SMILES string of the molecule is COc1ccc([C@@H](C2CCOCC2)N2CCNCC2)c(OC)c1.Cl.Cl. The van der Waals surface area contributed by atoms with Gasteiger partial charge in [0.25, 0.3) is 0 Å². The van der Waals surface area contributed by atoms with Gasteiger partial charge in [-0.25, -0.2) is 0 Å². The molecule has 25 heavy (non-hydrogen) atoms. The molecule has 0 saturated carbocycles. The van der Waals surface area contributed by atoms with Crippen molar-refractivity contribution in [3.8, 4) is 11.5 Å². The fraction of sp³-hybridized carbons (Fsp3) is 0.667. The van der Waals surface area contributed by atoms with E-state index in [1.807, 2.05) is 12.1 Å². The van der Waals surface area contributed by atoms with E-state index in [0.29, 0.717) is 12.0 Å². The van der Waals surface area contributed by atoms with Gasteiger partial charge in [-0.1, -0.05) is 6.07 Å². The molecule has 0 aromatic heterocycles. The van der Waals surface area contributed by atoms with Crippen molar-refractivity contribution in [3.05, 3.63) is 23.8 Å². The summed E-state index contributed by atoms with van der Waals surface area (Å²) < 4.78 is 16.6. The zero-order valence-electron chi connectivity index (χ0n) is 15.0. The lowest BCUT2D eigenvalue weighted by Gasteiger charge is -2.41. The van der Waals surface area contributed by atoms with Gasteiger partial charge in [0.15, 0.2) is 0 Å². The van der Waals surface area contributed by atoms with E-state index in [4.69, 9.17) is 14.2 Å². The predicted molar refractivity (Wildman–Crippen MR) is 105 cm³/mol. The highest BCUT2D eigenvalue weighted by Crippen LogP contribution is 2.40. The summed E-state index contributed by atoms with van der Waals surface area (Å²) in [5, 5.41) is 3.45. The Balaban J connectivity index is 0.00000156. The standard InChI is InChI=1S/C18H28N2O3.2ClH/c1-21-15-3-4-16(17(13-15)22-2)18(14-5-11-23-12-6-14)20-9-7-19-8-10-20;;/h3-4,13-14,18-19H,5-12H2,1-2H3;2*1H/t18-;;/m1../s1. The fourth-order valence-electron chi connectivity index (χ4n) is 3.80. The number of halogens is 2. The molecule has 2 fully saturated rings. The first-order valence-electron chi connectivity index (χ1n) is 8.58. The molecule has 2 aliphatic heterocycles. The largest absolute Gasteiger partial charge is 0.497 e. The molecule has 0 bridgehead atoms. The molecule has 7 heteroatoms. The van der Waals surface area contributed by atoms with Crippen molar-refractivity contribution in [1.29, 1.82) is 0 Å². The molecule has 2 saturated heterocycles. The van der Waals surface area contributed by atoms with Crippen molar-refractivity contribution in [2.45, 2.75) is 18.9 Å². The summed E-state index contributed by atoms with van der Waals surface area (Å²) in [4.78, 5) is 2.61. The molecule has 0 spiro atoms. The third-order valence-electron chi connectivity index (χ3n) is 5.02. The van der Waals surface area contributed by atoms with Crippen molar-refractivity contribution >= 4 is 24.8 Å². The smallest absolute Gasteiger partial charge is 0.127 e. The number of piperazine rings is 1. The van der Waals surface area contributed by atoms with Crippen LogP contribution in [-0.2, 0) is 4.74 Å². The lowest BCUT2D eigenvalue weighted by Crippen LogP contribution is -2.47. The number of ether oxygens (including phenoxy) is 3. The van der Waals surface area contributed by atoms with E-state index in [9.17, 15) is 0 Å². The molecule has 2 aliphatic rings. The maximum atomic E-state index is 5.70. The summed E-state index contributed by atoms with van der Waals surface area (Å²) >= 11 is 0. The van der Waals surface area contributed by atoms with Gasteiger partial charge in [0.2, 0.25) is 0 Å². The number of benzene rings is 1. The predicted octanol–water partition coefficient (Wildman–Crippen LogP) is 2.92. The molecule has 1 atom stereocenters. The minimum Gasteiger partial charge on any atom is -0.497 e. The van der Waals surface area contributed by atoms with Crippen LogP contribution >= 0.6 is 24.8 Å². The van der Waals surface area contributed by atoms with Crippen LogP contribution in [0.15, 0.2) is 18.2 Å². The quantitative estimate of drug-likeness (QED) is 0.834. The Morgan fingerprint density at radius 3 is 2.36 bits per heavy atom. The van der Waals surface area contributed by atoms with Crippen molar-refractivity contribution in [2.24, 2.45) is 5.92 Å². The van der Waals surface area contributed by atoms with Crippen LogP contribution in [0.3, 0.4) is 0 Å². The number of rotatable bonds is 5. The van der Waals surface area contributed by atoms with Gasteiger partial charge >= 0.3 is 0 Å². The second-order valence-electron chi connectivity index (χ2n) is 6.29. The average molecular weight is 393 g/mol. The number of methoxy groups -OCH3 is 2. The van der Waals surface area contributed by atoms with Crippen molar-refractivity contribution in [2.75, 3.05) is 53.6 Å². The highest BCUT2D eigenvalue weighted by Gasteiger charge is 2.33. The Labute approximate surface area is 163 Å². The van der Waals surface area contributed by atoms with Crippen molar-refractivity contribution < 1.29 is 14.2 Å². The van der Waals surface area contributed by atoms with Gasteiger partial charge in [0, 0.05) is 57.1 Å².